The van der Waals surface area contributed by atoms with Gasteiger partial charge in [0.25, 0.3) is 11.5 Å². The van der Waals surface area contributed by atoms with Crippen molar-refractivity contribution in [2.24, 2.45) is 0 Å². The Labute approximate surface area is 221 Å². The van der Waals surface area contributed by atoms with E-state index < -0.39 is 44.7 Å². The van der Waals surface area contributed by atoms with Gasteiger partial charge in [-0.05, 0) is 42.8 Å². The zero-order valence-corrected chi connectivity index (χ0v) is 22.3. The number of alkyl halides is 2. The van der Waals surface area contributed by atoms with Gasteiger partial charge < -0.3 is 4.57 Å². The van der Waals surface area contributed by atoms with Gasteiger partial charge >= 0.3 is 0 Å². The highest BCUT2D eigenvalue weighted by atomic mass is 32.2. The summed E-state index contributed by atoms with van der Waals surface area (Å²) in [5.74, 6) is -4.01. The summed E-state index contributed by atoms with van der Waals surface area (Å²) in [6.07, 6.45) is 1.85. The predicted molar refractivity (Wildman–Crippen MR) is 139 cm³/mol. The van der Waals surface area contributed by atoms with E-state index in [4.69, 9.17) is 0 Å². The van der Waals surface area contributed by atoms with E-state index in [1.54, 1.807) is 37.3 Å². The summed E-state index contributed by atoms with van der Waals surface area (Å²) in [6, 6.07) is 13.5. The molecule has 1 aromatic carbocycles. The second kappa shape index (κ2) is 10.2. The summed E-state index contributed by atoms with van der Waals surface area (Å²) in [7, 11) is -3.52. The maximum atomic E-state index is 14.9. The summed E-state index contributed by atoms with van der Waals surface area (Å²) >= 11 is 1.17. The number of nitrogens with zero attached hydrogens (tertiary/aromatic N) is 3. The molecule has 0 bridgehead atoms. The van der Waals surface area contributed by atoms with Gasteiger partial charge in [-0.15, -0.1) is 11.3 Å². The molecule has 0 unspecified atom stereocenters. The van der Waals surface area contributed by atoms with Gasteiger partial charge in [0.2, 0.25) is 0 Å². The predicted octanol–water partition coefficient (Wildman–Crippen LogP) is 5.91. The van der Waals surface area contributed by atoms with E-state index in [1.165, 1.54) is 42.7 Å². The molecule has 6 nitrogen and oxygen atoms in total. The molecule has 3 aromatic heterocycles. The van der Waals surface area contributed by atoms with E-state index in [0.717, 1.165) is 16.9 Å². The molecule has 11 heteroatoms. The third kappa shape index (κ3) is 5.14. The van der Waals surface area contributed by atoms with E-state index in [1.807, 2.05) is 0 Å². The van der Waals surface area contributed by atoms with Crippen molar-refractivity contribution >= 4 is 21.2 Å². The zero-order valence-electron chi connectivity index (χ0n) is 20.6. The molecule has 0 amide bonds. The fraction of sp³-hybridized carbons (Fsp3) is 0.222. The molecule has 0 saturated carbocycles. The van der Waals surface area contributed by atoms with E-state index in [0.29, 0.717) is 20.9 Å². The standard InChI is InChI=1S/C27H22F3N3O3S2/c1-4-27(29,30)20-12-22(33(26(34)19(20)13-31)15-17-7-5-6-8-21(17)28)24-10-9-23(37-24)18-11-16(2)25(32-14-18)38(3,35)36/h5-12,14H,4,15H2,1-3H3. The third-order valence-electron chi connectivity index (χ3n) is 6.06. The first kappa shape index (κ1) is 27.3. The number of pyridine rings is 2. The maximum Gasteiger partial charge on any atom is 0.274 e. The van der Waals surface area contributed by atoms with Gasteiger partial charge in [-0.2, -0.15) is 5.26 Å². The molecule has 4 aromatic rings. The summed E-state index contributed by atoms with van der Waals surface area (Å²) in [5, 5.41) is 9.56. The molecular formula is C27H22F3N3O3S2. The fourth-order valence-corrected chi connectivity index (χ4v) is 6.01. The number of hydrogen-bond donors (Lipinski definition) is 0. The summed E-state index contributed by atoms with van der Waals surface area (Å²) < 4.78 is 69.2. The van der Waals surface area contributed by atoms with E-state index in [-0.39, 0.29) is 22.8 Å². The molecule has 0 radical (unpaired) electrons. The minimum Gasteiger partial charge on any atom is -0.302 e. The van der Waals surface area contributed by atoms with Crippen molar-refractivity contribution in [2.75, 3.05) is 6.26 Å². The highest BCUT2D eigenvalue weighted by Gasteiger charge is 2.35. The molecule has 0 aliphatic rings. The second-order valence-electron chi connectivity index (χ2n) is 8.75. The van der Waals surface area contributed by atoms with Crippen LogP contribution in [0.15, 0.2) is 64.5 Å². The van der Waals surface area contributed by atoms with E-state index in [2.05, 4.69) is 4.98 Å². The van der Waals surface area contributed by atoms with Gasteiger partial charge in [0.15, 0.2) is 14.9 Å². The van der Waals surface area contributed by atoms with Crippen molar-refractivity contribution in [1.29, 1.82) is 5.26 Å². The van der Waals surface area contributed by atoms with Crippen molar-refractivity contribution in [3.05, 3.63) is 93.2 Å². The molecule has 0 spiro atoms. The van der Waals surface area contributed by atoms with Crippen LogP contribution in [0.2, 0.25) is 0 Å². The molecular weight excluding hydrogens is 535 g/mol. The Morgan fingerprint density at radius 1 is 1.13 bits per heavy atom. The highest BCUT2D eigenvalue weighted by molar-refractivity contribution is 7.90. The number of halogens is 3. The number of aryl methyl sites for hydroxylation is 1. The van der Waals surface area contributed by atoms with Crippen LogP contribution in [0.1, 0.15) is 35.6 Å². The van der Waals surface area contributed by atoms with Gasteiger partial charge in [0, 0.05) is 40.4 Å². The van der Waals surface area contributed by atoms with Crippen molar-refractivity contribution in [1.82, 2.24) is 9.55 Å². The molecule has 3 heterocycles. The lowest BCUT2D eigenvalue weighted by atomic mass is 10.00. The lowest BCUT2D eigenvalue weighted by Crippen LogP contribution is -2.29. The minimum absolute atomic E-state index is 0.0460. The fourth-order valence-electron chi connectivity index (χ4n) is 4.11. The van der Waals surface area contributed by atoms with Gasteiger partial charge in [0.05, 0.1) is 17.1 Å². The van der Waals surface area contributed by atoms with E-state index >= 15 is 0 Å². The Hall–Kier alpha value is -3.75. The van der Waals surface area contributed by atoms with E-state index in [9.17, 15) is 31.6 Å². The highest BCUT2D eigenvalue weighted by Crippen LogP contribution is 2.39. The maximum absolute atomic E-state index is 14.9. The average Bonchev–Trinajstić information content (AvgIpc) is 3.35. The Kier molecular flexibility index (Phi) is 7.32. The van der Waals surface area contributed by atoms with Crippen molar-refractivity contribution in [3.63, 3.8) is 0 Å². The van der Waals surface area contributed by atoms with Crippen LogP contribution in [0, 0.1) is 24.1 Å². The minimum atomic E-state index is -3.52. The summed E-state index contributed by atoms with van der Waals surface area (Å²) in [5.41, 5.74) is -1.01. The molecule has 0 N–H and O–H groups in total. The number of thiophene rings is 1. The first-order valence-corrected chi connectivity index (χ1v) is 14.1. The SMILES string of the molecule is CCC(F)(F)c1cc(-c2ccc(-c3cnc(S(C)(=O)=O)c(C)c3)s2)n(Cc2ccccc2F)c(=O)c1C#N. The third-order valence-corrected chi connectivity index (χ3v) is 8.35. The topological polar surface area (TPSA) is 92.8 Å². The first-order chi connectivity index (χ1) is 17.9. The second-order valence-corrected chi connectivity index (χ2v) is 11.8. The number of sulfone groups is 1. The van der Waals surface area contributed by atoms with Crippen LogP contribution in [0.3, 0.4) is 0 Å². The van der Waals surface area contributed by atoms with Crippen LogP contribution in [0.4, 0.5) is 13.2 Å². The molecule has 0 aliphatic heterocycles. The Balaban J connectivity index is 1.92. The Morgan fingerprint density at radius 2 is 1.82 bits per heavy atom. The normalized spacial score (nSPS) is 11.9. The van der Waals surface area contributed by atoms with Gasteiger partial charge in [0.1, 0.15) is 17.4 Å². The summed E-state index contributed by atoms with van der Waals surface area (Å²) in [4.78, 5) is 18.5. The monoisotopic (exact) mass is 557 g/mol. The molecule has 0 fully saturated rings. The molecule has 38 heavy (non-hydrogen) atoms. The van der Waals surface area contributed by atoms with Crippen LogP contribution < -0.4 is 5.56 Å². The van der Waals surface area contributed by atoms with Crippen LogP contribution in [0.5, 0.6) is 0 Å². The summed E-state index contributed by atoms with van der Waals surface area (Å²) in [6.45, 7) is 2.60. The zero-order chi connectivity index (χ0) is 27.8. The largest absolute Gasteiger partial charge is 0.302 e. The molecule has 196 valence electrons. The quantitative estimate of drug-likeness (QED) is 0.282. The van der Waals surface area contributed by atoms with Crippen LogP contribution in [-0.4, -0.2) is 24.2 Å². The van der Waals surface area contributed by atoms with Crippen molar-refractivity contribution in [2.45, 2.75) is 37.8 Å². The van der Waals surface area contributed by atoms with Crippen LogP contribution in [-0.2, 0) is 22.3 Å². The lowest BCUT2D eigenvalue weighted by Gasteiger charge is -2.20. The number of rotatable bonds is 7. The lowest BCUT2D eigenvalue weighted by molar-refractivity contribution is -0.00876. The molecule has 0 saturated heterocycles. The van der Waals surface area contributed by atoms with Crippen molar-refractivity contribution < 1.29 is 21.6 Å². The first-order valence-electron chi connectivity index (χ1n) is 11.4. The molecule has 4 rings (SSSR count). The van der Waals surface area contributed by atoms with Crippen molar-refractivity contribution in [3.8, 4) is 27.1 Å². The number of nitriles is 1. The van der Waals surface area contributed by atoms with Crippen LogP contribution >= 0.6 is 11.3 Å². The number of benzene rings is 1. The number of hydrogen-bond acceptors (Lipinski definition) is 6. The average molecular weight is 558 g/mol. The molecule has 0 aliphatic carbocycles. The van der Waals surface area contributed by atoms with Crippen LogP contribution in [0.25, 0.3) is 21.0 Å². The Bertz CT molecular complexity index is 1750. The number of aromatic nitrogens is 2. The molecule has 0 atom stereocenters. The van der Waals surface area contributed by atoms with Gasteiger partial charge in [-0.3, -0.25) is 4.79 Å². The van der Waals surface area contributed by atoms with Gasteiger partial charge in [-0.25, -0.2) is 26.6 Å². The Morgan fingerprint density at radius 3 is 2.42 bits per heavy atom. The smallest absolute Gasteiger partial charge is 0.274 e. The van der Waals surface area contributed by atoms with Gasteiger partial charge in [-0.1, -0.05) is 25.1 Å².